The van der Waals surface area contributed by atoms with E-state index in [0.717, 1.165) is 11.1 Å². The number of aliphatic hydroxyl groups excluding tert-OH is 2. The Morgan fingerprint density at radius 2 is 1.37 bits per heavy atom. The number of carbonyl (C=O) groups is 11. The van der Waals surface area contributed by atoms with E-state index in [0.29, 0.717) is 56.4 Å². The summed E-state index contributed by atoms with van der Waals surface area (Å²) in [5.41, 5.74) is 42.6. The first-order valence-electron chi connectivity index (χ1n) is 36.2. The van der Waals surface area contributed by atoms with Crippen LogP contribution in [0.2, 0.25) is 0 Å². The maximum Gasteiger partial charge on any atom is 2.00 e. The molecule has 1 aromatic carbocycles. The van der Waals surface area contributed by atoms with E-state index in [1.54, 1.807) is 4.57 Å². The molecule has 111 heavy (non-hydrogen) atoms. The number of ether oxygens (including phenoxy) is 1. The standard InChI is InChI=1S/C62H90N13O14P.C10H17N3O6S.Co/c1-29-20-39-40(21-30(29)2)75(28-70-39)57-52(84)53(41(27-76)87-57)89-90(85,86)88-31(3)26-69-49(83)18-19-59(8)37(22-46(66)80)56-62(11)61(10,25-48(68)82)36(14-17-45(65)79)51(74-62)33(5)55-60(9,24-47(67)81)34(12-15-43(63)77)38(71-55)23-42-58(6,7)35(13-16-44(64)78)50(72-42)32(4)54(59)73-56;11-5(10(18)19)1-2-7(14)13-6(4-20)9(17)12-3-8(15)16;/h20-21,23,28,31,34-37,41,52-53,56-57,71,76,84H,12-19,22,24-27H2,1-11H3,(H2,63,77)(H2,64,78)(H2,65,79)(H2,66,80)(H2,67,81)(H2,68,82)(H,69,83)(H,85,86);5-6,20H,1-4,11H2,(H,12,17)(H,13,14)(H,15,16)(H,18,19);/q;;+2/b38-23-,50-32-,55-33-;;/t31?,34-,35-,36-,37?,41-,52-,53-,56?,57+,59-,60+,61+,62?;5-,6-;/m10./s1. The minimum atomic E-state index is -5.07. The van der Waals surface area contributed by atoms with Crippen LogP contribution in [0.15, 0.2) is 67.8 Å². The van der Waals surface area contributed by atoms with Crippen molar-refractivity contribution in [3.63, 3.8) is 0 Å². The molecular formula is C72H107CoN16O20PS+2. The van der Waals surface area contributed by atoms with Gasteiger partial charge in [0, 0.05) is 143 Å². The zero-order chi connectivity index (χ0) is 82.4. The third-order valence-electron chi connectivity index (χ3n) is 22.8. The number of carbonyl (C=O) groups excluding carboxylic acids is 9. The molecule has 8 rings (SSSR count). The number of imidazole rings is 1. The molecule has 7 heterocycles. The van der Waals surface area contributed by atoms with Gasteiger partial charge < -0.3 is 96.0 Å². The van der Waals surface area contributed by atoms with Crippen LogP contribution in [0.5, 0.6) is 0 Å². The van der Waals surface area contributed by atoms with Gasteiger partial charge in [-0.05, 0) is 114 Å². The fourth-order valence-electron chi connectivity index (χ4n) is 16.6. The van der Waals surface area contributed by atoms with E-state index in [1.165, 1.54) is 13.3 Å². The summed E-state index contributed by atoms with van der Waals surface area (Å²) in [6.45, 7) is 18.7. The molecule has 2 aromatic rings. The van der Waals surface area contributed by atoms with Crippen LogP contribution in [-0.2, 0) is 87.9 Å². The van der Waals surface area contributed by atoms with Crippen LogP contribution in [0, 0.1) is 59.2 Å². The Morgan fingerprint density at radius 1 is 0.775 bits per heavy atom. The topological polar surface area (TPSA) is 619 Å². The molecule has 1 radical (unpaired) electrons. The summed E-state index contributed by atoms with van der Waals surface area (Å²) in [4.78, 5) is 170. The maximum atomic E-state index is 14.4. The molecule has 2 saturated heterocycles. The number of phosphoric acid groups is 1. The van der Waals surface area contributed by atoms with E-state index < -0.39 is 186 Å². The molecule has 5 unspecified atom stereocenters. The fraction of sp³-hybridized carbons (Fsp3) is 0.625. The van der Waals surface area contributed by atoms with Crippen LogP contribution in [0.25, 0.3) is 11.0 Å². The molecule has 9 amide bonds. The summed E-state index contributed by atoms with van der Waals surface area (Å²) in [7, 11) is -5.07. The van der Waals surface area contributed by atoms with Crippen molar-refractivity contribution in [3.05, 3.63) is 63.9 Å². The number of allylic oxidation sites excluding steroid dienone is 6. The molecule has 36 nitrogen and oxygen atoms in total. The predicted molar refractivity (Wildman–Crippen MR) is 405 cm³/mol. The summed E-state index contributed by atoms with van der Waals surface area (Å²) in [6.07, 6.45) is -4.49. The van der Waals surface area contributed by atoms with Crippen molar-refractivity contribution in [1.29, 1.82) is 0 Å². The number of hydrogen-bond acceptors (Lipinski definition) is 24. The Kier molecular flexibility index (Phi) is 30.3. The Hall–Kier alpha value is -8.30. The number of benzene rings is 1. The molecule has 2 fully saturated rings. The SMILES string of the molecule is C/C1=C2N=C(/C=C3\N/C(=C(/C)C4=NC(C)(C5N=C1[C@](C)(CCC(=O)NCC(C)OP(=O)(O)O[C@H]1[C@@H](O)[C@@H](n6cnc7cc(C)c(C)cc76)O[C@@H]1CO)C5CC(N)=O)[C@@](C)(CC(N)=O)[C@@H]4CCC(N)=O)[C@@](C)(CC(N)=O)[C@@H]3CCC(N)=O)C(C)(C)[C@@H]/2CCC(N)=O.N[C@@H](CCC(=O)N[C@@H](CS)C(=O)NCC(=O)O)C(=O)O.[Co+2]. The minimum absolute atomic E-state index is 0. The summed E-state index contributed by atoms with van der Waals surface area (Å²) in [5, 5.41) is 49.6. The minimum Gasteiger partial charge on any atom is -0.480 e. The van der Waals surface area contributed by atoms with Crippen molar-refractivity contribution in [2.75, 3.05) is 25.4 Å². The van der Waals surface area contributed by atoms with Crippen LogP contribution in [0.3, 0.4) is 0 Å². The molecule has 0 spiro atoms. The number of nitrogens with two attached hydrogens (primary N) is 7. The molecule has 6 aliphatic rings. The van der Waals surface area contributed by atoms with Crippen molar-refractivity contribution >= 4 is 114 Å². The van der Waals surface area contributed by atoms with Crippen LogP contribution < -0.4 is 61.4 Å². The Labute approximate surface area is 658 Å². The number of rotatable bonds is 35. The van der Waals surface area contributed by atoms with E-state index in [4.69, 9.17) is 79.1 Å². The number of phosphoric ester groups is 1. The van der Waals surface area contributed by atoms with Gasteiger partial charge in [-0.25, -0.2) is 9.55 Å². The quantitative estimate of drug-likeness (QED) is 0.0337. The van der Waals surface area contributed by atoms with Crippen molar-refractivity contribution < 1.29 is 113 Å². The average molecular weight is 1640 g/mol. The Balaban J connectivity index is 0.000000800. The summed E-state index contributed by atoms with van der Waals surface area (Å²) in [6, 6.07) is 0.545. The second-order valence-electron chi connectivity index (χ2n) is 31.0. The largest absolute Gasteiger partial charge is 2.00 e. The number of nitrogens with one attached hydrogen (secondary N) is 4. The predicted octanol–water partition coefficient (Wildman–Crippen LogP) is 0.955. The van der Waals surface area contributed by atoms with E-state index in [9.17, 15) is 72.4 Å². The van der Waals surface area contributed by atoms with Crippen LogP contribution in [0.4, 0.5) is 0 Å². The van der Waals surface area contributed by atoms with E-state index in [-0.39, 0.29) is 113 Å². The van der Waals surface area contributed by atoms with Crippen LogP contribution in [-0.4, -0.2) is 191 Å². The number of aliphatic imine (C=N–C) groups is 3. The summed E-state index contributed by atoms with van der Waals surface area (Å²) in [5.74, 6) is -10.9. The van der Waals surface area contributed by atoms with Gasteiger partial charge in [-0.2, -0.15) is 12.6 Å². The van der Waals surface area contributed by atoms with Crippen LogP contribution in [0.1, 0.15) is 163 Å². The first-order chi connectivity index (χ1) is 51.1. The van der Waals surface area contributed by atoms with Crippen molar-refractivity contribution in [1.82, 2.24) is 30.8 Å². The van der Waals surface area contributed by atoms with Gasteiger partial charge in [0.1, 0.15) is 36.9 Å². The van der Waals surface area contributed by atoms with E-state index in [1.807, 2.05) is 87.4 Å². The van der Waals surface area contributed by atoms with Crippen LogP contribution >= 0.6 is 20.5 Å². The number of carboxylic acids is 2. The van der Waals surface area contributed by atoms with Crippen molar-refractivity contribution in [2.24, 2.45) is 100 Å². The molecule has 23 N–H and O–H groups in total. The van der Waals surface area contributed by atoms with Gasteiger partial charge in [-0.1, -0.05) is 34.6 Å². The van der Waals surface area contributed by atoms with Gasteiger partial charge in [0.25, 0.3) is 0 Å². The second kappa shape index (κ2) is 36.7. The molecule has 17 atom stereocenters. The Morgan fingerprint density at radius 3 is 1.93 bits per heavy atom. The summed E-state index contributed by atoms with van der Waals surface area (Å²) < 4.78 is 32.3. The first-order valence-corrected chi connectivity index (χ1v) is 38.3. The number of primary amides is 6. The van der Waals surface area contributed by atoms with Gasteiger partial charge in [0.2, 0.25) is 53.2 Å². The molecule has 39 heteroatoms. The zero-order valence-electron chi connectivity index (χ0n) is 64.1. The second-order valence-corrected chi connectivity index (χ2v) is 32.7. The molecule has 0 aliphatic carbocycles. The molecule has 6 aliphatic heterocycles. The number of nitrogens with zero attached hydrogens (tertiary/aromatic N) is 5. The number of fused-ring (bicyclic) bond motifs is 7. The number of aryl methyl sites for hydroxylation is 2. The number of aromatic nitrogens is 2. The average Bonchev–Trinajstić information content (AvgIpc) is 1.53. The monoisotopic (exact) mass is 1640 g/mol. The van der Waals surface area contributed by atoms with Gasteiger partial charge in [0.05, 0.1) is 41.7 Å². The van der Waals surface area contributed by atoms with Crippen molar-refractivity contribution in [3.8, 4) is 0 Å². The number of hydrogen-bond donors (Lipinski definition) is 17. The van der Waals surface area contributed by atoms with Crippen molar-refractivity contribution in [2.45, 2.75) is 214 Å². The molecular weight excluding hydrogens is 1530 g/mol. The van der Waals surface area contributed by atoms with Gasteiger partial charge in [0.15, 0.2) is 6.23 Å². The first kappa shape index (κ1) is 91.6. The number of amides is 9. The number of carboxylic acid groups (broad SMARTS) is 2. The number of thiol groups is 1. The normalized spacial score (nSPS) is 30.1. The molecule has 8 bridgehead atoms. The fourth-order valence-corrected chi connectivity index (χ4v) is 18.0. The molecule has 0 saturated carbocycles. The summed E-state index contributed by atoms with van der Waals surface area (Å²) >= 11 is 3.87. The van der Waals surface area contributed by atoms with Gasteiger partial charge in [-0.15, -0.1) is 0 Å². The third kappa shape index (κ3) is 20.4. The number of aliphatic hydroxyl groups is 2. The van der Waals surface area contributed by atoms with Gasteiger partial charge >= 0.3 is 36.5 Å². The van der Waals surface area contributed by atoms with Gasteiger partial charge in [-0.3, -0.25) is 76.8 Å². The molecule has 613 valence electrons. The van der Waals surface area contributed by atoms with E-state index >= 15 is 0 Å². The Bertz CT molecular complexity index is 4240. The zero-order valence-corrected chi connectivity index (χ0v) is 67.0. The molecule has 1 aromatic heterocycles. The maximum absolute atomic E-state index is 14.4. The smallest absolute Gasteiger partial charge is 0.480 e. The third-order valence-corrected chi connectivity index (χ3v) is 24.3. The number of aliphatic carboxylic acids is 2. The van der Waals surface area contributed by atoms with E-state index in [2.05, 4.69) is 38.9 Å².